The van der Waals surface area contributed by atoms with Crippen molar-refractivity contribution >= 4 is 41.8 Å². The van der Waals surface area contributed by atoms with Gasteiger partial charge in [-0.1, -0.05) is 23.2 Å². The van der Waals surface area contributed by atoms with E-state index in [0.29, 0.717) is 0 Å². The number of halogens is 2. The highest BCUT2D eigenvalue weighted by Gasteiger charge is 2.29. The maximum Gasteiger partial charge on any atom is 0.352 e. The van der Waals surface area contributed by atoms with Gasteiger partial charge in [0, 0.05) is 0 Å². The van der Waals surface area contributed by atoms with Gasteiger partial charge in [-0.3, -0.25) is 0 Å². The predicted molar refractivity (Wildman–Crippen MR) is 35.4 cm³/mol. The Morgan fingerprint density at radius 1 is 1.75 bits per heavy atom. The number of esters is 1. The normalized spacial score (nSPS) is 11.0. The lowest BCUT2D eigenvalue weighted by atomic mass is 10.8. The Balaban J connectivity index is 3.82. The van der Waals surface area contributed by atoms with Gasteiger partial charge in [-0.2, -0.15) is 0 Å². The summed E-state index contributed by atoms with van der Waals surface area (Å²) in [4.78, 5) is 10.3. The van der Waals surface area contributed by atoms with Crippen molar-refractivity contribution in [1.82, 2.24) is 0 Å². The molecule has 0 aromatic heterocycles. The van der Waals surface area contributed by atoms with Gasteiger partial charge < -0.3 is 4.74 Å². The molecular weight excluding hydrogens is 171 g/mol. The summed E-state index contributed by atoms with van der Waals surface area (Å²) >= 11 is 13.8. The van der Waals surface area contributed by atoms with Gasteiger partial charge in [-0.05, 0) is 0 Å². The Bertz CT molecular complexity index is 97.9. The number of carbonyl (C=O) groups excluding carboxylic acids is 1. The van der Waals surface area contributed by atoms with Crippen LogP contribution in [0.3, 0.4) is 0 Å². The molecule has 8 heavy (non-hydrogen) atoms. The number of ether oxygens (including phenoxy) is 1. The first-order valence-electron chi connectivity index (χ1n) is 1.67. The average Bonchev–Trinajstić information content (AvgIpc) is 1.62. The summed E-state index contributed by atoms with van der Waals surface area (Å²) in [7, 11) is 1.18. The van der Waals surface area contributed by atoms with Gasteiger partial charge in [0.1, 0.15) is 0 Å². The first kappa shape index (κ1) is 8.40. The molecule has 0 aromatic rings. The van der Waals surface area contributed by atoms with Gasteiger partial charge in [-0.15, -0.1) is 12.6 Å². The Kier molecular flexibility index (Phi) is 2.94. The van der Waals surface area contributed by atoms with E-state index in [9.17, 15) is 4.79 Å². The summed E-state index contributed by atoms with van der Waals surface area (Å²) in [5.74, 6) is -0.774. The molecule has 0 unspecified atom stereocenters. The molecule has 0 aliphatic carbocycles. The molecule has 0 bridgehead atoms. The van der Waals surface area contributed by atoms with Crippen LogP contribution in [0.5, 0.6) is 0 Å². The van der Waals surface area contributed by atoms with E-state index in [0.717, 1.165) is 0 Å². The van der Waals surface area contributed by atoms with Crippen molar-refractivity contribution in [2.24, 2.45) is 0 Å². The van der Waals surface area contributed by atoms with Gasteiger partial charge in [0.2, 0.25) is 0 Å². The molecule has 0 atom stereocenters. The molecule has 0 N–H and O–H groups in total. The Morgan fingerprint density at radius 2 is 2.12 bits per heavy atom. The SMILES string of the molecule is COC(=O)C(S)(Cl)Cl. The van der Waals surface area contributed by atoms with Crippen LogP contribution in [0, 0.1) is 0 Å². The van der Waals surface area contributed by atoms with Gasteiger partial charge in [0.15, 0.2) is 0 Å². The van der Waals surface area contributed by atoms with Crippen LogP contribution in [0.15, 0.2) is 0 Å². The molecule has 0 saturated carbocycles. The molecule has 0 aliphatic rings. The minimum atomic E-state index is -1.71. The summed E-state index contributed by atoms with van der Waals surface area (Å²) < 4.78 is 2.42. The van der Waals surface area contributed by atoms with Crippen LogP contribution in [0.4, 0.5) is 0 Å². The van der Waals surface area contributed by atoms with Crippen molar-refractivity contribution in [3.63, 3.8) is 0 Å². The molecule has 5 heteroatoms. The fourth-order valence-electron chi connectivity index (χ4n) is 0.123. The molecule has 2 nitrogen and oxygen atoms in total. The molecule has 0 amide bonds. The Morgan fingerprint density at radius 3 is 2.12 bits per heavy atom. The highest BCUT2D eigenvalue weighted by atomic mass is 35.5. The molecular formula is C3H4Cl2O2S. The van der Waals surface area contributed by atoms with Crippen LogP contribution in [0.2, 0.25) is 0 Å². The van der Waals surface area contributed by atoms with Crippen molar-refractivity contribution in [2.75, 3.05) is 7.11 Å². The minimum absolute atomic E-state index is 0.774. The number of thiol groups is 1. The zero-order valence-electron chi connectivity index (χ0n) is 4.02. The van der Waals surface area contributed by atoms with Crippen LogP contribution in [0.1, 0.15) is 0 Å². The van der Waals surface area contributed by atoms with Crippen LogP contribution in [0.25, 0.3) is 0 Å². The topological polar surface area (TPSA) is 26.3 Å². The highest BCUT2D eigenvalue weighted by molar-refractivity contribution is 7.86. The molecule has 0 aromatic carbocycles. The first-order valence-corrected chi connectivity index (χ1v) is 2.87. The number of carbonyl (C=O) groups is 1. The lowest BCUT2D eigenvalue weighted by molar-refractivity contribution is -0.139. The average molecular weight is 175 g/mol. The van der Waals surface area contributed by atoms with E-state index < -0.39 is 9.63 Å². The molecule has 0 radical (unpaired) electrons. The van der Waals surface area contributed by atoms with E-state index in [-0.39, 0.29) is 0 Å². The van der Waals surface area contributed by atoms with E-state index >= 15 is 0 Å². The second-order valence-electron chi connectivity index (χ2n) is 1.03. The fraction of sp³-hybridized carbons (Fsp3) is 0.667. The molecule has 0 heterocycles. The maximum absolute atomic E-state index is 10.3. The largest absolute Gasteiger partial charge is 0.466 e. The van der Waals surface area contributed by atoms with Gasteiger partial charge in [-0.25, -0.2) is 4.79 Å². The van der Waals surface area contributed by atoms with Crippen LogP contribution in [-0.4, -0.2) is 16.7 Å². The van der Waals surface area contributed by atoms with Crippen molar-refractivity contribution in [3.8, 4) is 0 Å². The van der Waals surface area contributed by atoms with Gasteiger partial charge in [0.05, 0.1) is 7.11 Å². The quantitative estimate of drug-likeness (QED) is 0.368. The lowest BCUT2D eigenvalue weighted by Crippen LogP contribution is -2.19. The smallest absolute Gasteiger partial charge is 0.352 e. The van der Waals surface area contributed by atoms with Crippen molar-refractivity contribution < 1.29 is 9.53 Å². The molecule has 0 fully saturated rings. The molecule has 0 rings (SSSR count). The third-order valence-electron chi connectivity index (χ3n) is 0.431. The lowest BCUT2D eigenvalue weighted by Gasteiger charge is -2.06. The summed E-state index contributed by atoms with van der Waals surface area (Å²) in [5, 5.41) is 0. The number of alkyl halides is 2. The maximum atomic E-state index is 10.3. The van der Waals surface area contributed by atoms with E-state index in [2.05, 4.69) is 17.4 Å². The number of hydrogen-bond acceptors (Lipinski definition) is 3. The van der Waals surface area contributed by atoms with Crippen molar-refractivity contribution in [2.45, 2.75) is 3.67 Å². The highest BCUT2D eigenvalue weighted by Crippen LogP contribution is 2.26. The summed E-state index contributed by atoms with van der Waals surface area (Å²) in [5.41, 5.74) is 0. The summed E-state index contributed by atoms with van der Waals surface area (Å²) in [6.45, 7) is 0. The van der Waals surface area contributed by atoms with Crippen molar-refractivity contribution in [3.05, 3.63) is 0 Å². The van der Waals surface area contributed by atoms with Crippen LogP contribution >= 0.6 is 35.8 Å². The number of methoxy groups -OCH3 is 1. The summed E-state index contributed by atoms with van der Waals surface area (Å²) in [6, 6.07) is 0. The number of hydrogen-bond donors (Lipinski definition) is 1. The Hall–Kier alpha value is 0.400. The summed E-state index contributed by atoms with van der Waals surface area (Å²) in [6.07, 6.45) is 0. The van der Waals surface area contributed by atoms with E-state index in [1.54, 1.807) is 0 Å². The van der Waals surface area contributed by atoms with E-state index in [1.165, 1.54) is 7.11 Å². The third kappa shape index (κ3) is 2.64. The second kappa shape index (κ2) is 2.80. The zero-order valence-corrected chi connectivity index (χ0v) is 6.43. The minimum Gasteiger partial charge on any atom is -0.466 e. The van der Waals surface area contributed by atoms with Gasteiger partial charge in [0.25, 0.3) is 3.67 Å². The van der Waals surface area contributed by atoms with Crippen LogP contribution in [-0.2, 0) is 9.53 Å². The van der Waals surface area contributed by atoms with Crippen LogP contribution < -0.4 is 0 Å². The van der Waals surface area contributed by atoms with E-state index in [1.807, 2.05) is 0 Å². The molecule has 0 spiro atoms. The van der Waals surface area contributed by atoms with Gasteiger partial charge >= 0.3 is 5.97 Å². The van der Waals surface area contributed by atoms with E-state index in [4.69, 9.17) is 23.2 Å². The Labute approximate surface area is 62.5 Å². The monoisotopic (exact) mass is 174 g/mol. The molecule has 0 aliphatic heterocycles. The predicted octanol–water partition coefficient (Wildman–Crippen LogP) is 1.22. The third-order valence-corrected chi connectivity index (χ3v) is 0.922. The van der Waals surface area contributed by atoms with Crippen molar-refractivity contribution in [1.29, 1.82) is 0 Å². The zero-order chi connectivity index (χ0) is 6.78. The number of rotatable bonds is 1. The molecule has 0 saturated heterocycles. The fourth-order valence-corrected chi connectivity index (χ4v) is 0.368. The standard InChI is InChI=1S/C3H4Cl2O2S/c1-7-2(6)3(4,5)8/h8H,1H3. The molecule has 48 valence electrons. The second-order valence-corrected chi connectivity index (χ2v) is 3.56. The first-order chi connectivity index (χ1) is 3.48.